The highest BCUT2D eigenvalue weighted by Crippen LogP contribution is 2.25. The van der Waals surface area contributed by atoms with E-state index in [-0.39, 0.29) is 17.2 Å². The third-order valence-corrected chi connectivity index (χ3v) is 6.69. The molecule has 11 heteroatoms. The predicted octanol–water partition coefficient (Wildman–Crippen LogP) is 4.90. The number of amides is 1. The number of carbonyl (C=O) groups excluding carboxylic acids is 1. The fourth-order valence-electron chi connectivity index (χ4n) is 2.81. The van der Waals surface area contributed by atoms with Crippen LogP contribution in [-0.4, -0.2) is 33.3 Å². The van der Waals surface area contributed by atoms with Crippen LogP contribution in [0, 0.1) is 3.95 Å². The first-order valence-corrected chi connectivity index (χ1v) is 11.5. The van der Waals surface area contributed by atoms with E-state index in [1.807, 2.05) is 12.1 Å². The second kappa shape index (κ2) is 9.23. The molecule has 4 rings (SSSR count). The molecule has 2 aromatic heterocycles. The summed E-state index contributed by atoms with van der Waals surface area (Å²) in [6.07, 6.45) is 0. The molecule has 0 saturated carbocycles. The number of halogens is 1. The van der Waals surface area contributed by atoms with Gasteiger partial charge in [0.1, 0.15) is 10.4 Å². The normalized spacial score (nSPS) is 10.9. The molecule has 158 valence electrons. The van der Waals surface area contributed by atoms with Crippen LogP contribution in [0.15, 0.2) is 58.5 Å². The summed E-state index contributed by atoms with van der Waals surface area (Å²) in [4.78, 5) is 32.2. The van der Waals surface area contributed by atoms with E-state index in [0.717, 1.165) is 17.4 Å². The Morgan fingerprint density at radius 1 is 1.32 bits per heavy atom. The number of thioether (sulfide) groups is 1. The van der Waals surface area contributed by atoms with E-state index in [4.69, 9.17) is 28.6 Å². The zero-order chi connectivity index (χ0) is 22.0. The number of H-pyrrole nitrogens is 1. The number of aromatic nitrogens is 3. The summed E-state index contributed by atoms with van der Waals surface area (Å²) in [7, 11) is 1.56. The van der Waals surface area contributed by atoms with Crippen LogP contribution < -0.4 is 15.6 Å². The van der Waals surface area contributed by atoms with Crippen LogP contribution in [-0.2, 0) is 4.79 Å². The molecule has 0 spiro atoms. The Labute approximate surface area is 195 Å². The highest BCUT2D eigenvalue weighted by Gasteiger charge is 2.15. The monoisotopic (exact) mass is 490 g/mol. The summed E-state index contributed by atoms with van der Waals surface area (Å²) in [5, 5.41) is 3.72. The summed E-state index contributed by atoms with van der Waals surface area (Å²) < 4.78 is 7.79. The number of ether oxygens (including phenoxy) is 1. The maximum atomic E-state index is 12.6. The van der Waals surface area contributed by atoms with Crippen molar-refractivity contribution >= 4 is 68.9 Å². The summed E-state index contributed by atoms with van der Waals surface area (Å²) in [6.45, 7) is 0. The van der Waals surface area contributed by atoms with Gasteiger partial charge in [-0.05, 0) is 48.6 Å². The number of anilines is 1. The zero-order valence-electron chi connectivity index (χ0n) is 16.0. The zero-order valence-corrected chi connectivity index (χ0v) is 19.3. The first-order valence-electron chi connectivity index (χ1n) is 8.93. The van der Waals surface area contributed by atoms with Crippen molar-refractivity contribution in [3.05, 3.63) is 67.9 Å². The molecule has 0 aliphatic rings. The van der Waals surface area contributed by atoms with Crippen molar-refractivity contribution in [2.24, 2.45) is 0 Å². The summed E-state index contributed by atoms with van der Waals surface area (Å²) in [5.74, 6) is 0.476. The molecule has 1 amide bonds. The van der Waals surface area contributed by atoms with E-state index in [2.05, 4.69) is 15.3 Å². The largest absolute Gasteiger partial charge is 0.497 e. The van der Waals surface area contributed by atoms with Crippen molar-refractivity contribution < 1.29 is 9.53 Å². The lowest BCUT2D eigenvalue weighted by molar-refractivity contribution is -0.113. The first kappa shape index (κ1) is 21.6. The van der Waals surface area contributed by atoms with Crippen molar-refractivity contribution in [3.63, 3.8) is 0 Å². The van der Waals surface area contributed by atoms with Crippen molar-refractivity contribution in [3.8, 4) is 11.4 Å². The SMILES string of the molecule is COc1cccc(NC(=O)CSc2nc3c(sc(=S)n3-c3ccc(Cl)cc3)c(=O)[nH]2)c1. The number of benzene rings is 2. The average Bonchev–Trinajstić information content (AvgIpc) is 3.09. The third-order valence-electron chi connectivity index (χ3n) is 4.20. The van der Waals surface area contributed by atoms with Crippen molar-refractivity contribution in [1.29, 1.82) is 0 Å². The molecule has 0 bridgehead atoms. The maximum absolute atomic E-state index is 12.6. The second-order valence-corrected chi connectivity index (χ2v) is 9.32. The third kappa shape index (κ3) is 4.82. The lowest BCUT2D eigenvalue weighted by atomic mass is 10.3. The number of aromatic amines is 1. The molecule has 2 aromatic carbocycles. The van der Waals surface area contributed by atoms with Gasteiger partial charge in [0.15, 0.2) is 14.8 Å². The number of fused-ring (bicyclic) bond motifs is 1. The van der Waals surface area contributed by atoms with E-state index in [9.17, 15) is 9.59 Å². The molecule has 0 atom stereocenters. The molecule has 7 nitrogen and oxygen atoms in total. The lowest BCUT2D eigenvalue weighted by Gasteiger charge is -2.07. The van der Waals surface area contributed by atoms with Gasteiger partial charge in [0.05, 0.1) is 12.9 Å². The molecule has 0 aliphatic heterocycles. The fourth-order valence-corrected chi connectivity index (χ4v) is 4.86. The second-order valence-electron chi connectivity index (χ2n) is 6.27. The minimum Gasteiger partial charge on any atom is -0.497 e. The van der Waals surface area contributed by atoms with Gasteiger partial charge in [0.25, 0.3) is 5.56 Å². The van der Waals surface area contributed by atoms with Gasteiger partial charge in [-0.15, -0.1) is 0 Å². The van der Waals surface area contributed by atoms with E-state index in [1.54, 1.807) is 48.1 Å². The van der Waals surface area contributed by atoms with Crippen molar-refractivity contribution in [2.75, 3.05) is 18.2 Å². The van der Waals surface area contributed by atoms with Crippen molar-refractivity contribution in [2.45, 2.75) is 5.16 Å². The van der Waals surface area contributed by atoms with Gasteiger partial charge in [-0.3, -0.25) is 14.2 Å². The Balaban J connectivity index is 1.57. The highest BCUT2D eigenvalue weighted by atomic mass is 35.5. The number of thiazole rings is 1. The van der Waals surface area contributed by atoms with E-state index >= 15 is 0 Å². The standard InChI is InChI=1S/C20H15ClN4O3S3/c1-28-14-4-2-3-12(9-14)22-15(26)10-30-19-23-17-16(18(27)24-19)31-20(29)25(17)13-7-5-11(21)6-8-13/h2-9H,10H2,1H3,(H,22,26)(H,23,24,27). The van der Waals surface area contributed by atoms with Crippen LogP contribution in [0.4, 0.5) is 5.69 Å². The summed E-state index contributed by atoms with van der Waals surface area (Å²) >= 11 is 13.7. The number of carbonyl (C=O) groups is 1. The molecule has 0 unspecified atom stereocenters. The van der Waals surface area contributed by atoms with E-state index < -0.39 is 0 Å². The van der Waals surface area contributed by atoms with Gasteiger partial charge < -0.3 is 15.0 Å². The quantitative estimate of drug-likeness (QED) is 0.227. The number of hydrogen-bond donors (Lipinski definition) is 2. The smallest absolute Gasteiger partial charge is 0.271 e. The van der Waals surface area contributed by atoms with Gasteiger partial charge in [-0.25, -0.2) is 4.98 Å². The van der Waals surface area contributed by atoms with E-state index in [0.29, 0.717) is 35.9 Å². The Morgan fingerprint density at radius 2 is 2.10 bits per heavy atom. The van der Waals surface area contributed by atoms with Gasteiger partial charge in [0, 0.05) is 22.5 Å². The molecule has 0 fully saturated rings. The Bertz CT molecular complexity index is 1380. The Kier molecular flexibility index (Phi) is 6.42. The number of hydrogen-bond acceptors (Lipinski definition) is 7. The van der Waals surface area contributed by atoms with Crippen LogP contribution in [0.1, 0.15) is 0 Å². The van der Waals surface area contributed by atoms with Gasteiger partial charge in [-0.2, -0.15) is 0 Å². The minimum atomic E-state index is -0.301. The molecule has 4 aromatic rings. The molecule has 0 aliphatic carbocycles. The van der Waals surface area contributed by atoms with Gasteiger partial charge in [0.2, 0.25) is 5.91 Å². The molecule has 2 N–H and O–H groups in total. The minimum absolute atomic E-state index is 0.0669. The van der Waals surface area contributed by atoms with Gasteiger partial charge in [-0.1, -0.05) is 40.8 Å². The molecular formula is C20H15ClN4O3S3. The number of nitrogens with one attached hydrogen (secondary N) is 2. The average molecular weight is 491 g/mol. The molecule has 0 radical (unpaired) electrons. The number of rotatable bonds is 6. The van der Waals surface area contributed by atoms with E-state index in [1.165, 1.54) is 11.3 Å². The Morgan fingerprint density at radius 3 is 2.84 bits per heavy atom. The van der Waals surface area contributed by atoms with Crippen LogP contribution in [0.25, 0.3) is 16.0 Å². The molecule has 31 heavy (non-hydrogen) atoms. The first-order chi connectivity index (χ1) is 14.9. The summed E-state index contributed by atoms with van der Waals surface area (Å²) in [6, 6.07) is 14.2. The number of methoxy groups -OCH3 is 1. The van der Waals surface area contributed by atoms with Crippen molar-refractivity contribution in [1.82, 2.24) is 14.5 Å². The van der Waals surface area contributed by atoms with Crippen LogP contribution in [0.2, 0.25) is 5.02 Å². The Hall–Kier alpha value is -2.66. The summed E-state index contributed by atoms with van der Waals surface area (Å²) in [5.41, 5.74) is 1.52. The lowest BCUT2D eigenvalue weighted by Crippen LogP contribution is -2.15. The fraction of sp³-hybridized carbons (Fsp3) is 0.100. The molecular weight excluding hydrogens is 476 g/mol. The maximum Gasteiger partial charge on any atom is 0.271 e. The molecule has 0 saturated heterocycles. The topological polar surface area (TPSA) is 89.0 Å². The van der Waals surface area contributed by atoms with Crippen LogP contribution in [0.5, 0.6) is 5.75 Å². The highest BCUT2D eigenvalue weighted by molar-refractivity contribution is 7.99. The van der Waals surface area contributed by atoms with Crippen LogP contribution in [0.3, 0.4) is 0 Å². The van der Waals surface area contributed by atoms with Gasteiger partial charge >= 0.3 is 0 Å². The predicted molar refractivity (Wildman–Crippen MR) is 128 cm³/mol. The number of nitrogens with zero attached hydrogens (tertiary/aromatic N) is 2. The van der Waals surface area contributed by atoms with Crippen LogP contribution >= 0.6 is 46.9 Å². The molecule has 2 heterocycles.